The molecule has 0 spiro atoms. The van der Waals surface area contributed by atoms with Crippen molar-refractivity contribution in [2.45, 2.75) is 117 Å². The smallest absolute Gasteiger partial charge is 0.0920 e. The van der Waals surface area contributed by atoms with Crippen LogP contribution in [0.15, 0.2) is 127 Å². The summed E-state index contributed by atoms with van der Waals surface area (Å²) >= 11 is -0.826. The van der Waals surface area contributed by atoms with E-state index >= 15 is 0 Å². The van der Waals surface area contributed by atoms with Gasteiger partial charge in [0.2, 0.25) is 0 Å². The Morgan fingerprint density at radius 1 is 0.487 bits per heavy atom. The topological polar surface area (TPSA) is 0 Å². The molecular weight excluding hydrogens is 1140 g/mol. The average Bonchev–Trinajstić information content (AvgIpc) is 4.04. The molecule has 0 atom stereocenters. The molecule has 0 aromatic heterocycles. The molecule has 16 heteroatoms. The van der Waals surface area contributed by atoms with Gasteiger partial charge in [0.05, 0.1) is 31.8 Å². The molecule has 402 valence electrons. The van der Waals surface area contributed by atoms with Gasteiger partial charge < -0.3 is 0 Å². The van der Waals surface area contributed by atoms with E-state index in [1.165, 1.54) is 21.5 Å². The summed E-state index contributed by atoms with van der Waals surface area (Å²) in [7, 11) is 10.7. The van der Waals surface area contributed by atoms with Gasteiger partial charge in [0.1, 0.15) is 0 Å². The van der Waals surface area contributed by atoms with Crippen LogP contribution >= 0.6 is 17.0 Å². The molecule has 0 N–H and O–H groups in total. The molecule has 0 bridgehead atoms. The molecular formula is C60H53Cl2F12SiZr-3. The zero-order valence-corrected chi connectivity index (χ0v) is 47.7. The summed E-state index contributed by atoms with van der Waals surface area (Å²) < 4.78 is 161. The van der Waals surface area contributed by atoms with Gasteiger partial charge in [-0.2, -0.15) is 94.3 Å². The first-order chi connectivity index (χ1) is 35.3. The van der Waals surface area contributed by atoms with Gasteiger partial charge in [-0.15, -0.1) is 74.6 Å². The van der Waals surface area contributed by atoms with Crippen molar-refractivity contribution in [1.82, 2.24) is 0 Å². The van der Waals surface area contributed by atoms with Gasteiger partial charge in [-0.05, 0) is 71.2 Å². The Balaban J connectivity index is 0.000000192. The molecule has 2 radical (unpaired) electrons. The first-order valence-corrected chi connectivity index (χ1v) is 31.5. The standard InChI is InChI=1S/2C24H23F6.C12H7Si.2ClH.Zr/c2*1-5-6-14-9-15-7-8-20(22(2,3)4)21(19(15)10-14)16-11-17(23(25,26)27)13-18(12-16)24(28,29)30;1-3-7-11-9(5-1)10-6-2-4-8-12(10)13-11;;;/h2*7-13H,5-6H2,1-4H3;1-7H;2*1H;/q3*-1;;;+2/p-2. The Labute approximate surface area is 457 Å². The molecule has 9 rings (SSSR count). The second kappa shape index (κ2) is 23.8. The molecule has 0 nitrogen and oxygen atoms in total. The second-order valence-corrected chi connectivity index (χ2v) is 25.5. The molecule has 76 heavy (non-hydrogen) atoms. The number of hydrogen-bond acceptors (Lipinski definition) is 0. The number of hydrogen-bond donors (Lipinski definition) is 0. The number of benzene rings is 6. The molecule has 0 unspecified atom stereocenters. The summed E-state index contributed by atoms with van der Waals surface area (Å²) in [6.07, 6.45) is -16.2. The fourth-order valence-corrected chi connectivity index (χ4v) is 10.7. The molecule has 0 amide bonds. The fourth-order valence-electron chi connectivity index (χ4n) is 9.35. The van der Waals surface area contributed by atoms with Gasteiger partial charge >= 0.3 is 62.6 Å². The van der Waals surface area contributed by atoms with Crippen LogP contribution in [-0.4, -0.2) is 9.52 Å². The summed E-state index contributed by atoms with van der Waals surface area (Å²) in [5, 5.41) is 5.81. The van der Waals surface area contributed by atoms with Crippen molar-refractivity contribution >= 4 is 58.5 Å². The predicted octanol–water partition coefficient (Wildman–Crippen LogP) is 19.5. The summed E-state index contributed by atoms with van der Waals surface area (Å²) in [5.41, 5.74) is 0.780. The van der Waals surface area contributed by atoms with E-state index in [2.05, 4.69) is 42.5 Å². The number of rotatable bonds is 6. The molecule has 0 fully saturated rings. The van der Waals surface area contributed by atoms with Gasteiger partial charge in [0.15, 0.2) is 0 Å². The molecule has 8 aromatic rings. The molecule has 0 saturated heterocycles. The molecule has 0 saturated carbocycles. The Morgan fingerprint density at radius 2 is 0.855 bits per heavy atom. The van der Waals surface area contributed by atoms with E-state index in [1.807, 2.05) is 97.9 Å². The maximum Gasteiger partial charge on any atom is 0.0920 e. The van der Waals surface area contributed by atoms with E-state index in [9.17, 15) is 52.7 Å². The van der Waals surface area contributed by atoms with E-state index in [0.717, 1.165) is 81.4 Å². The van der Waals surface area contributed by atoms with Gasteiger partial charge in [0.25, 0.3) is 0 Å². The van der Waals surface area contributed by atoms with Gasteiger partial charge in [0, 0.05) is 0 Å². The van der Waals surface area contributed by atoms with Crippen molar-refractivity contribution in [2.75, 3.05) is 0 Å². The van der Waals surface area contributed by atoms with Crippen molar-refractivity contribution in [1.29, 1.82) is 0 Å². The second-order valence-electron chi connectivity index (χ2n) is 20.5. The Hall–Kier alpha value is -4.62. The maximum atomic E-state index is 13.4. The van der Waals surface area contributed by atoms with E-state index < -0.39 is 78.6 Å². The van der Waals surface area contributed by atoms with Crippen LogP contribution in [-0.2, 0) is 69.2 Å². The van der Waals surface area contributed by atoms with Crippen LogP contribution in [0.3, 0.4) is 0 Å². The van der Waals surface area contributed by atoms with E-state index in [4.69, 9.17) is 17.0 Å². The largest absolute Gasteiger partial charge is 0.184 e. The van der Waals surface area contributed by atoms with Crippen LogP contribution in [0, 0.1) is 6.07 Å². The summed E-state index contributed by atoms with van der Waals surface area (Å²) in [6, 6.07) is 36.9. The minimum absolute atomic E-state index is 0.0682. The third kappa shape index (κ3) is 14.5. The van der Waals surface area contributed by atoms with Gasteiger partial charge in [-0.25, -0.2) is 0 Å². The third-order valence-electron chi connectivity index (χ3n) is 12.7. The Bertz CT molecular complexity index is 3010. The van der Waals surface area contributed by atoms with Crippen LogP contribution in [0.25, 0.3) is 54.9 Å². The minimum Gasteiger partial charge on any atom is -0.184 e. The fraction of sp³-hybridized carbons (Fsp3) is 0.300. The first kappa shape index (κ1) is 60.6. The molecule has 1 heterocycles. The Morgan fingerprint density at radius 3 is 1.21 bits per heavy atom. The summed E-state index contributed by atoms with van der Waals surface area (Å²) in [5.74, 6) is 0. The third-order valence-corrected chi connectivity index (χ3v) is 14.0. The quantitative estimate of drug-likeness (QED) is 0.0884. The number of halogens is 14. The van der Waals surface area contributed by atoms with Crippen LogP contribution in [0.2, 0.25) is 0 Å². The number of fused-ring (bicyclic) bond motifs is 5. The summed E-state index contributed by atoms with van der Waals surface area (Å²) in [4.78, 5) is 0. The molecule has 1 aliphatic rings. The maximum absolute atomic E-state index is 13.4. The SMILES string of the molecule is CCCc1cc2c(-c3cc(C(F)(F)F)cc(C(F)(F)F)c3)c(C(C)(C)C)ccc2[cH-]1.CCCc1cc2c(-c3cc(C(F)(F)F)cc(C(F)(F)F)c3)c(C(C)(C)C)ccc2[cH-]1.[Cl][Zr][Cl].[c-]1cccc2c1[Si]c1ccccc1-2. The van der Waals surface area contributed by atoms with Crippen molar-refractivity contribution in [3.63, 3.8) is 0 Å². The number of alkyl halides is 12. The van der Waals surface area contributed by atoms with Crippen molar-refractivity contribution in [3.05, 3.63) is 178 Å². The average molecular weight is 1190 g/mol. The van der Waals surface area contributed by atoms with Crippen molar-refractivity contribution in [3.8, 4) is 33.4 Å². The summed E-state index contributed by atoms with van der Waals surface area (Å²) in [6.45, 7) is 15.4. The first-order valence-electron chi connectivity index (χ1n) is 24.2. The van der Waals surface area contributed by atoms with Crippen LogP contribution < -0.4 is 10.4 Å². The zero-order valence-electron chi connectivity index (χ0n) is 42.7. The van der Waals surface area contributed by atoms with Gasteiger partial charge in [-0.3, -0.25) is 0 Å². The minimum atomic E-state index is -4.88. The van der Waals surface area contributed by atoms with E-state index in [1.54, 1.807) is 12.1 Å². The molecule has 8 aromatic carbocycles. The Kier molecular flexibility index (Phi) is 19.0. The zero-order chi connectivity index (χ0) is 56.3. The van der Waals surface area contributed by atoms with Gasteiger partial charge in [-0.1, -0.05) is 126 Å². The number of aryl methyl sites for hydroxylation is 2. The van der Waals surface area contributed by atoms with Crippen LogP contribution in [0.5, 0.6) is 0 Å². The normalized spacial score (nSPS) is 12.8. The van der Waals surface area contributed by atoms with E-state index in [-0.39, 0.29) is 23.3 Å². The van der Waals surface area contributed by atoms with Crippen molar-refractivity contribution in [2.24, 2.45) is 0 Å². The van der Waals surface area contributed by atoms with Crippen LogP contribution in [0.1, 0.15) is 113 Å². The monoisotopic (exact) mass is 1190 g/mol. The predicted molar refractivity (Wildman–Crippen MR) is 283 cm³/mol. The van der Waals surface area contributed by atoms with Crippen molar-refractivity contribution < 1.29 is 73.5 Å². The van der Waals surface area contributed by atoms with Crippen LogP contribution in [0.4, 0.5) is 52.7 Å². The molecule has 1 aliphatic heterocycles. The van der Waals surface area contributed by atoms with E-state index in [0.29, 0.717) is 33.0 Å². The molecule has 0 aliphatic carbocycles.